The first-order valence-electron chi connectivity index (χ1n) is 6.60. The molecule has 19 heavy (non-hydrogen) atoms. The fraction of sp³-hybridized carbons (Fsp3) is 0.750. The number of urea groups is 1. The van der Waals surface area contributed by atoms with Crippen LogP contribution in [0.1, 0.15) is 38.6 Å². The van der Waals surface area contributed by atoms with Gasteiger partial charge < -0.3 is 19.9 Å². The highest BCUT2D eigenvalue weighted by atomic mass is 16.5. The van der Waals surface area contributed by atoms with Crippen LogP contribution in [0.5, 0.6) is 0 Å². The minimum absolute atomic E-state index is 0.00852. The van der Waals surface area contributed by atoms with Crippen molar-refractivity contribution in [1.82, 2.24) is 25.4 Å². The molecule has 3 atom stereocenters. The lowest BCUT2D eigenvalue weighted by Gasteiger charge is -2.21. The molecular formula is C12H21N5O2. The Morgan fingerprint density at radius 3 is 2.89 bits per heavy atom. The summed E-state index contributed by atoms with van der Waals surface area (Å²) in [5.41, 5.74) is 0. The average molecular weight is 267 g/mol. The molecule has 1 saturated heterocycles. The molecule has 2 rings (SSSR count). The summed E-state index contributed by atoms with van der Waals surface area (Å²) in [6.45, 7) is 4.62. The van der Waals surface area contributed by atoms with Crippen molar-refractivity contribution in [3.05, 3.63) is 12.2 Å². The minimum Gasteiger partial charge on any atom is -0.376 e. The Kier molecular flexibility index (Phi) is 4.36. The van der Waals surface area contributed by atoms with Crippen molar-refractivity contribution in [1.29, 1.82) is 0 Å². The lowest BCUT2D eigenvalue weighted by atomic mass is 10.1. The zero-order chi connectivity index (χ0) is 13.8. The molecule has 0 spiro atoms. The van der Waals surface area contributed by atoms with Gasteiger partial charge in [-0.1, -0.05) is 0 Å². The predicted molar refractivity (Wildman–Crippen MR) is 69.5 cm³/mol. The summed E-state index contributed by atoms with van der Waals surface area (Å²) in [6.07, 6.45) is 3.80. The van der Waals surface area contributed by atoms with E-state index in [9.17, 15) is 4.79 Å². The Balaban J connectivity index is 1.82. The highest BCUT2D eigenvalue weighted by Gasteiger charge is 2.24. The van der Waals surface area contributed by atoms with Gasteiger partial charge in [-0.25, -0.2) is 4.79 Å². The maximum atomic E-state index is 11.9. The molecule has 0 aromatic carbocycles. The summed E-state index contributed by atoms with van der Waals surface area (Å²) in [4.78, 5) is 11.9. The number of nitrogens with zero attached hydrogens (tertiary/aromatic N) is 3. The number of hydrogen-bond acceptors (Lipinski definition) is 4. The summed E-state index contributed by atoms with van der Waals surface area (Å²) in [6, 6.07) is -0.392. The Hall–Kier alpha value is -1.63. The van der Waals surface area contributed by atoms with E-state index in [2.05, 4.69) is 20.8 Å². The Bertz CT molecular complexity index is 428. The van der Waals surface area contributed by atoms with E-state index in [1.807, 2.05) is 20.9 Å². The van der Waals surface area contributed by atoms with Crippen LogP contribution in [0.2, 0.25) is 0 Å². The van der Waals surface area contributed by atoms with Crippen molar-refractivity contribution < 1.29 is 9.53 Å². The third kappa shape index (κ3) is 3.44. The number of ether oxygens (including phenoxy) is 1. The van der Waals surface area contributed by atoms with Gasteiger partial charge >= 0.3 is 6.03 Å². The van der Waals surface area contributed by atoms with Gasteiger partial charge in [0, 0.05) is 13.7 Å². The molecule has 2 N–H and O–H groups in total. The molecular weight excluding hydrogens is 246 g/mol. The summed E-state index contributed by atoms with van der Waals surface area (Å²) in [7, 11) is 1.85. The molecule has 0 aliphatic carbocycles. The van der Waals surface area contributed by atoms with Crippen LogP contribution in [-0.4, -0.2) is 39.5 Å². The zero-order valence-electron chi connectivity index (χ0n) is 11.6. The first kappa shape index (κ1) is 13.8. The smallest absolute Gasteiger partial charge is 0.315 e. The van der Waals surface area contributed by atoms with Crippen LogP contribution >= 0.6 is 0 Å². The van der Waals surface area contributed by atoms with E-state index in [0.717, 1.165) is 25.3 Å². The molecule has 106 valence electrons. The predicted octanol–water partition coefficient (Wildman–Crippen LogP) is 0.743. The second kappa shape index (κ2) is 6.01. The Morgan fingerprint density at radius 1 is 1.53 bits per heavy atom. The van der Waals surface area contributed by atoms with Gasteiger partial charge in [-0.2, -0.15) is 0 Å². The third-order valence-corrected chi connectivity index (χ3v) is 3.36. The second-order valence-corrected chi connectivity index (χ2v) is 4.98. The summed E-state index contributed by atoms with van der Waals surface area (Å²) in [5.74, 6) is 0.722. The number of aromatic nitrogens is 3. The Morgan fingerprint density at radius 2 is 2.32 bits per heavy atom. The average Bonchev–Trinajstić information content (AvgIpc) is 2.98. The highest BCUT2D eigenvalue weighted by Crippen LogP contribution is 2.15. The van der Waals surface area contributed by atoms with Gasteiger partial charge in [-0.05, 0) is 26.7 Å². The van der Waals surface area contributed by atoms with Gasteiger partial charge in [-0.3, -0.25) is 0 Å². The number of nitrogens with one attached hydrogen (secondary N) is 2. The molecule has 7 nitrogen and oxygen atoms in total. The van der Waals surface area contributed by atoms with Gasteiger partial charge in [0.25, 0.3) is 0 Å². The first-order chi connectivity index (χ1) is 9.08. The van der Waals surface area contributed by atoms with Gasteiger partial charge in [0.15, 0.2) is 5.82 Å². The first-order valence-corrected chi connectivity index (χ1v) is 6.60. The molecule has 0 saturated carbocycles. The van der Waals surface area contributed by atoms with Gasteiger partial charge in [0.1, 0.15) is 6.33 Å². The van der Waals surface area contributed by atoms with Gasteiger partial charge in [0.2, 0.25) is 0 Å². The molecule has 7 heteroatoms. The molecule has 2 heterocycles. The number of carbonyl (C=O) groups excluding carboxylic acids is 1. The molecule has 2 amide bonds. The number of amides is 2. The molecule has 1 aliphatic rings. The second-order valence-electron chi connectivity index (χ2n) is 4.98. The van der Waals surface area contributed by atoms with Gasteiger partial charge in [0.05, 0.1) is 18.2 Å². The molecule has 1 fully saturated rings. The van der Waals surface area contributed by atoms with E-state index < -0.39 is 0 Å². The normalized spacial score (nSPS) is 21.9. The Labute approximate surface area is 112 Å². The monoisotopic (exact) mass is 267 g/mol. The summed E-state index contributed by atoms with van der Waals surface area (Å²) < 4.78 is 7.33. The minimum atomic E-state index is -0.210. The standard InChI is InChI=1S/C12H21N5O2/c1-8(10-5-4-6-19-10)14-12(18)15-9(2)11-16-13-7-17(11)3/h7-10H,4-6H2,1-3H3,(H2,14,15,18)/t8-,9-,10+/m0/s1. The molecule has 0 bridgehead atoms. The lowest BCUT2D eigenvalue weighted by molar-refractivity contribution is 0.0858. The number of hydrogen-bond donors (Lipinski definition) is 2. The van der Waals surface area contributed by atoms with E-state index in [0.29, 0.717) is 0 Å². The lowest BCUT2D eigenvalue weighted by Crippen LogP contribution is -2.46. The van der Waals surface area contributed by atoms with E-state index >= 15 is 0 Å². The van der Waals surface area contributed by atoms with Crippen LogP contribution in [0, 0.1) is 0 Å². The maximum absolute atomic E-state index is 11.9. The van der Waals surface area contributed by atoms with Crippen LogP contribution in [-0.2, 0) is 11.8 Å². The fourth-order valence-electron chi connectivity index (χ4n) is 2.28. The van der Waals surface area contributed by atoms with Crippen molar-refractivity contribution in [2.24, 2.45) is 7.05 Å². The molecule has 0 radical (unpaired) electrons. The van der Waals surface area contributed by atoms with Crippen molar-refractivity contribution in [3.63, 3.8) is 0 Å². The molecule has 1 aromatic heterocycles. The van der Waals surface area contributed by atoms with E-state index in [-0.39, 0.29) is 24.2 Å². The largest absolute Gasteiger partial charge is 0.376 e. The number of aryl methyl sites for hydroxylation is 1. The zero-order valence-corrected chi connectivity index (χ0v) is 11.6. The van der Waals surface area contributed by atoms with E-state index in [1.54, 1.807) is 10.9 Å². The van der Waals surface area contributed by atoms with Crippen LogP contribution < -0.4 is 10.6 Å². The number of carbonyl (C=O) groups is 1. The van der Waals surface area contributed by atoms with Crippen LogP contribution in [0.25, 0.3) is 0 Å². The molecule has 0 unspecified atom stereocenters. The van der Waals surface area contributed by atoms with Gasteiger partial charge in [-0.15, -0.1) is 10.2 Å². The molecule has 1 aromatic rings. The third-order valence-electron chi connectivity index (χ3n) is 3.36. The SMILES string of the molecule is C[C@H](NC(=O)N[C@@H](C)[C@H]1CCCO1)c1nncn1C. The summed E-state index contributed by atoms with van der Waals surface area (Å²) >= 11 is 0. The maximum Gasteiger partial charge on any atom is 0.315 e. The number of rotatable bonds is 4. The molecule has 1 aliphatic heterocycles. The van der Waals surface area contributed by atoms with Crippen LogP contribution in [0.3, 0.4) is 0 Å². The fourth-order valence-corrected chi connectivity index (χ4v) is 2.28. The van der Waals surface area contributed by atoms with Crippen LogP contribution in [0.15, 0.2) is 6.33 Å². The van der Waals surface area contributed by atoms with Crippen molar-refractivity contribution in [2.45, 2.75) is 44.9 Å². The van der Waals surface area contributed by atoms with E-state index in [4.69, 9.17) is 4.74 Å². The van der Waals surface area contributed by atoms with E-state index in [1.165, 1.54) is 0 Å². The summed E-state index contributed by atoms with van der Waals surface area (Å²) in [5, 5.41) is 13.5. The highest BCUT2D eigenvalue weighted by molar-refractivity contribution is 5.74. The van der Waals surface area contributed by atoms with Crippen molar-refractivity contribution in [3.8, 4) is 0 Å². The quantitative estimate of drug-likeness (QED) is 0.843. The van der Waals surface area contributed by atoms with Crippen LogP contribution in [0.4, 0.5) is 4.79 Å². The van der Waals surface area contributed by atoms with Crippen molar-refractivity contribution in [2.75, 3.05) is 6.61 Å². The van der Waals surface area contributed by atoms with Crippen molar-refractivity contribution >= 4 is 6.03 Å². The topological polar surface area (TPSA) is 81.1 Å².